The summed E-state index contributed by atoms with van der Waals surface area (Å²) in [5.41, 5.74) is -3.56. The van der Waals surface area contributed by atoms with Crippen LogP contribution in [0, 0.1) is 11.7 Å². The smallest absolute Gasteiger partial charge is 0.417 e. The minimum atomic E-state index is -4.89. The number of benzene rings is 2. The molecular weight excluding hydrogens is 494 g/mol. The standard InChI is InChI=1S/C22H19F4N3O5S/c23-12-3-1-11(2-4-12)16-15(22(24,25)26)6-14-17(27-20(32)28-19(14)31)18(16)35-9-13(30)5-10-7-29(8-10)21(33)34/h1-4,6,10,13,30H,5,7-9H2,(H,33,34)(H2,27,28,31,32). The highest BCUT2D eigenvalue weighted by Crippen LogP contribution is 2.45. The third kappa shape index (κ3) is 5.20. The molecule has 0 bridgehead atoms. The number of nitrogens with one attached hydrogen (secondary N) is 2. The first-order valence-electron chi connectivity index (χ1n) is 10.4. The molecule has 0 saturated carbocycles. The van der Waals surface area contributed by atoms with Gasteiger partial charge in [-0.15, -0.1) is 11.8 Å². The van der Waals surface area contributed by atoms with E-state index in [2.05, 4.69) is 4.98 Å². The molecule has 186 valence electrons. The van der Waals surface area contributed by atoms with Gasteiger partial charge in [0.25, 0.3) is 5.56 Å². The Balaban J connectivity index is 1.78. The topological polar surface area (TPSA) is 126 Å². The number of halogens is 4. The Hall–Kier alpha value is -3.32. The van der Waals surface area contributed by atoms with Crippen molar-refractivity contribution in [2.24, 2.45) is 5.92 Å². The van der Waals surface area contributed by atoms with Gasteiger partial charge in [0.05, 0.1) is 22.6 Å². The van der Waals surface area contributed by atoms with Gasteiger partial charge in [-0.3, -0.25) is 9.78 Å². The zero-order chi connectivity index (χ0) is 25.5. The Kier molecular flexibility index (Phi) is 6.64. The summed E-state index contributed by atoms with van der Waals surface area (Å²) in [6.07, 6.45) is -6.74. The number of amides is 1. The molecule has 1 unspecified atom stereocenters. The second-order valence-corrected chi connectivity index (χ2v) is 9.25. The Bertz CT molecular complexity index is 1380. The van der Waals surface area contributed by atoms with E-state index in [4.69, 9.17) is 5.11 Å². The van der Waals surface area contributed by atoms with Crippen LogP contribution in [-0.4, -0.2) is 56.1 Å². The quantitative estimate of drug-likeness (QED) is 0.295. The van der Waals surface area contributed by atoms with E-state index in [0.717, 1.165) is 36.0 Å². The van der Waals surface area contributed by atoms with E-state index in [1.807, 2.05) is 4.98 Å². The van der Waals surface area contributed by atoms with Crippen LogP contribution in [0.15, 0.2) is 44.8 Å². The van der Waals surface area contributed by atoms with Gasteiger partial charge in [0, 0.05) is 29.3 Å². The van der Waals surface area contributed by atoms with Crippen molar-refractivity contribution in [3.8, 4) is 11.1 Å². The number of carboxylic acid groups (broad SMARTS) is 1. The van der Waals surface area contributed by atoms with E-state index in [0.29, 0.717) is 6.07 Å². The highest BCUT2D eigenvalue weighted by molar-refractivity contribution is 7.99. The van der Waals surface area contributed by atoms with Gasteiger partial charge >= 0.3 is 18.0 Å². The predicted molar refractivity (Wildman–Crippen MR) is 120 cm³/mol. The Morgan fingerprint density at radius 2 is 1.83 bits per heavy atom. The molecule has 8 nitrogen and oxygen atoms in total. The number of fused-ring (bicyclic) bond motifs is 1. The third-order valence-electron chi connectivity index (χ3n) is 5.68. The number of H-pyrrole nitrogens is 2. The van der Waals surface area contributed by atoms with Gasteiger partial charge in [0.1, 0.15) is 5.82 Å². The first-order chi connectivity index (χ1) is 16.4. The second kappa shape index (κ2) is 9.38. The summed E-state index contributed by atoms with van der Waals surface area (Å²) in [5.74, 6) is -0.851. The molecule has 1 saturated heterocycles. The van der Waals surface area contributed by atoms with Crippen molar-refractivity contribution >= 4 is 28.8 Å². The summed E-state index contributed by atoms with van der Waals surface area (Å²) in [6.45, 7) is 0.486. The maximum Gasteiger partial charge on any atom is 0.417 e. The minimum Gasteiger partial charge on any atom is -0.465 e. The maximum absolute atomic E-state index is 14.1. The molecule has 1 aliphatic heterocycles. The highest BCUT2D eigenvalue weighted by Gasteiger charge is 2.37. The Morgan fingerprint density at radius 3 is 2.43 bits per heavy atom. The number of rotatable bonds is 6. The lowest BCUT2D eigenvalue weighted by atomic mass is 9.94. The van der Waals surface area contributed by atoms with E-state index < -0.39 is 46.4 Å². The number of aliphatic hydroxyl groups excluding tert-OH is 1. The summed E-state index contributed by atoms with van der Waals surface area (Å²) >= 11 is 0.818. The largest absolute Gasteiger partial charge is 0.465 e. The van der Waals surface area contributed by atoms with Gasteiger partial charge in [-0.05, 0) is 36.1 Å². The van der Waals surface area contributed by atoms with Crippen LogP contribution in [0.3, 0.4) is 0 Å². The van der Waals surface area contributed by atoms with Crippen molar-refractivity contribution < 1.29 is 32.6 Å². The summed E-state index contributed by atoms with van der Waals surface area (Å²) < 4.78 is 55.8. The first-order valence-corrected chi connectivity index (χ1v) is 11.4. The molecule has 0 radical (unpaired) electrons. The van der Waals surface area contributed by atoms with Crippen molar-refractivity contribution in [2.75, 3.05) is 18.8 Å². The molecule has 1 atom stereocenters. The molecule has 0 aliphatic carbocycles. The average molecular weight is 513 g/mol. The van der Waals surface area contributed by atoms with Crippen LogP contribution >= 0.6 is 11.8 Å². The normalized spacial score (nSPS) is 15.3. The number of carbonyl (C=O) groups is 1. The van der Waals surface area contributed by atoms with Crippen molar-refractivity contribution in [1.29, 1.82) is 0 Å². The molecule has 1 amide bonds. The molecule has 1 aromatic heterocycles. The zero-order valence-electron chi connectivity index (χ0n) is 17.9. The Morgan fingerprint density at radius 1 is 1.17 bits per heavy atom. The number of aromatic amines is 2. The van der Waals surface area contributed by atoms with E-state index in [-0.39, 0.29) is 52.7 Å². The lowest BCUT2D eigenvalue weighted by Gasteiger charge is -2.38. The van der Waals surface area contributed by atoms with Gasteiger partial charge < -0.3 is 20.1 Å². The Labute approximate surface area is 198 Å². The molecule has 13 heteroatoms. The first kappa shape index (κ1) is 24.8. The predicted octanol–water partition coefficient (Wildman–Crippen LogP) is 3.49. The highest BCUT2D eigenvalue weighted by atomic mass is 32.2. The van der Waals surface area contributed by atoms with Gasteiger partial charge in [0.15, 0.2) is 0 Å². The molecular formula is C22H19F4N3O5S. The summed E-state index contributed by atoms with van der Waals surface area (Å²) in [4.78, 5) is 40.6. The second-order valence-electron chi connectivity index (χ2n) is 8.22. The molecule has 1 aliphatic rings. The van der Waals surface area contributed by atoms with Crippen LogP contribution in [0.4, 0.5) is 22.4 Å². The van der Waals surface area contributed by atoms with E-state index >= 15 is 0 Å². The fourth-order valence-electron chi connectivity index (χ4n) is 4.06. The molecule has 2 aromatic carbocycles. The molecule has 2 heterocycles. The number of nitrogens with zero attached hydrogens (tertiary/aromatic N) is 1. The van der Waals surface area contributed by atoms with Crippen LogP contribution in [0.2, 0.25) is 0 Å². The maximum atomic E-state index is 14.1. The molecule has 4 rings (SSSR count). The average Bonchev–Trinajstić information content (AvgIpc) is 2.73. The van der Waals surface area contributed by atoms with Crippen molar-refractivity contribution in [3.63, 3.8) is 0 Å². The molecule has 35 heavy (non-hydrogen) atoms. The summed E-state index contributed by atoms with van der Waals surface area (Å²) in [5, 5.41) is 19.0. The minimum absolute atomic E-state index is 0.00911. The number of likely N-dealkylation sites (tertiary alicyclic amines) is 1. The van der Waals surface area contributed by atoms with Crippen LogP contribution in [0.5, 0.6) is 0 Å². The SMILES string of the molecule is O=C(O)N1CC(CC(O)CSc2c(-c3ccc(F)cc3)c(C(F)(F)F)cc3c(=O)[nH]c(=O)[nH]c23)C1. The van der Waals surface area contributed by atoms with Crippen LogP contribution in [-0.2, 0) is 6.18 Å². The molecule has 0 spiro atoms. The van der Waals surface area contributed by atoms with E-state index in [9.17, 15) is 37.1 Å². The third-order valence-corrected chi connectivity index (χ3v) is 6.93. The number of thioether (sulfide) groups is 1. The van der Waals surface area contributed by atoms with Gasteiger partial charge in [-0.2, -0.15) is 13.2 Å². The lowest BCUT2D eigenvalue weighted by molar-refractivity contribution is -0.137. The van der Waals surface area contributed by atoms with E-state index in [1.165, 1.54) is 4.90 Å². The van der Waals surface area contributed by atoms with Gasteiger partial charge in [-0.25, -0.2) is 14.0 Å². The van der Waals surface area contributed by atoms with E-state index in [1.54, 1.807) is 0 Å². The van der Waals surface area contributed by atoms with Crippen LogP contribution < -0.4 is 11.2 Å². The van der Waals surface area contributed by atoms with Crippen LogP contribution in [0.1, 0.15) is 12.0 Å². The number of hydrogen-bond donors (Lipinski definition) is 4. The number of alkyl halides is 3. The molecule has 3 aromatic rings. The van der Waals surface area contributed by atoms with Crippen LogP contribution in [0.25, 0.3) is 22.0 Å². The van der Waals surface area contributed by atoms with Gasteiger partial charge in [-0.1, -0.05) is 12.1 Å². The van der Waals surface area contributed by atoms with Crippen molar-refractivity contribution in [2.45, 2.75) is 23.6 Å². The van der Waals surface area contributed by atoms with Crippen molar-refractivity contribution in [3.05, 3.63) is 62.6 Å². The summed E-state index contributed by atoms with van der Waals surface area (Å²) in [6, 6.07) is 4.94. The van der Waals surface area contributed by atoms with Gasteiger partial charge in [0.2, 0.25) is 0 Å². The lowest BCUT2D eigenvalue weighted by Crippen LogP contribution is -2.50. The fraction of sp³-hybridized carbons (Fsp3) is 0.318. The fourth-order valence-corrected chi connectivity index (χ4v) is 5.23. The zero-order valence-corrected chi connectivity index (χ0v) is 18.7. The molecule has 1 fully saturated rings. The number of aromatic nitrogens is 2. The monoisotopic (exact) mass is 513 g/mol. The summed E-state index contributed by atoms with van der Waals surface area (Å²) in [7, 11) is 0. The van der Waals surface area contributed by atoms with Crippen molar-refractivity contribution in [1.82, 2.24) is 14.9 Å². The molecule has 4 N–H and O–H groups in total. The number of hydrogen-bond acceptors (Lipinski definition) is 5. The number of aliphatic hydroxyl groups is 1.